The zero-order valence-corrected chi connectivity index (χ0v) is 32.5. The number of urea groups is 1. The number of thioether (sulfide) groups is 1. The highest BCUT2D eigenvalue weighted by Crippen LogP contribution is 2.47. The Morgan fingerprint density at radius 1 is 0.944 bits per heavy atom. The normalized spacial score (nSPS) is 16.6. The van der Waals surface area contributed by atoms with Crippen LogP contribution in [-0.2, 0) is 19.4 Å². The molecule has 1 aliphatic rings. The summed E-state index contributed by atoms with van der Waals surface area (Å²) in [6, 6.07) is 25.6. The molecular formula is C40H48N6O6S2. The van der Waals surface area contributed by atoms with Gasteiger partial charge >= 0.3 is 6.03 Å². The smallest absolute Gasteiger partial charge is 0.320 e. The van der Waals surface area contributed by atoms with Crippen molar-refractivity contribution in [2.24, 2.45) is 5.41 Å². The molecule has 2 atom stereocenters. The van der Waals surface area contributed by atoms with Crippen molar-refractivity contribution in [3.63, 3.8) is 0 Å². The average molecular weight is 773 g/mol. The largest absolute Gasteiger partial charge is 0.483 e. The van der Waals surface area contributed by atoms with Gasteiger partial charge in [0.05, 0.1) is 21.2 Å². The van der Waals surface area contributed by atoms with Crippen LogP contribution >= 0.6 is 11.8 Å². The predicted molar refractivity (Wildman–Crippen MR) is 213 cm³/mol. The van der Waals surface area contributed by atoms with Crippen molar-refractivity contribution in [3.05, 3.63) is 103 Å². The quantitative estimate of drug-likeness (QED) is 0.0738. The van der Waals surface area contributed by atoms with Gasteiger partial charge in [-0.2, -0.15) is 0 Å². The first-order valence-electron chi connectivity index (χ1n) is 18.1. The van der Waals surface area contributed by atoms with Gasteiger partial charge in [-0.15, -0.1) is 11.8 Å². The number of carbonyl (C=O) groups excluding carboxylic acids is 3. The van der Waals surface area contributed by atoms with Gasteiger partial charge in [0.15, 0.2) is 16.4 Å². The first-order chi connectivity index (χ1) is 26.1. The fraction of sp³-hybridized carbons (Fsp3) is 0.350. The number of fused-ring (bicyclic) bond motifs is 1. The van der Waals surface area contributed by atoms with Crippen molar-refractivity contribution in [3.8, 4) is 5.75 Å². The molecule has 54 heavy (non-hydrogen) atoms. The second-order valence-electron chi connectivity index (χ2n) is 13.2. The maximum Gasteiger partial charge on any atom is 0.320 e. The molecule has 0 spiro atoms. The third-order valence-electron chi connectivity index (χ3n) is 9.41. The van der Waals surface area contributed by atoms with Crippen LogP contribution in [0, 0.1) is 5.41 Å². The van der Waals surface area contributed by atoms with E-state index in [2.05, 4.69) is 45.0 Å². The standard InChI is InChI=1S/C40H48N6O6S2/c1-4-6-20-40(5-2)27-46(30-17-11-8-12-18-30)31-24-33(53-3)32(25-34(31)54(50,51)28-40)52-26-36(47)45-37(29-15-9-7-10-16-29)38(48)42-22-23-43-39(49)44-35-19-13-14-21-41-35/h7-19,21,24-25,37H,4-6,20,22-23,26-28H2,1-3H3,(H,42,48)(H,45,47)(H2,41,43,44,49)/t37-,40?/m1/s1. The molecule has 0 aliphatic carbocycles. The monoisotopic (exact) mass is 772 g/mol. The number of anilines is 3. The summed E-state index contributed by atoms with van der Waals surface area (Å²) in [6.07, 6.45) is 6.80. The van der Waals surface area contributed by atoms with Gasteiger partial charge in [-0.25, -0.2) is 18.2 Å². The number of benzene rings is 3. The summed E-state index contributed by atoms with van der Waals surface area (Å²) in [5.41, 5.74) is 1.57. The Bertz CT molecular complexity index is 1990. The lowest BCUT2D eigenvalue weighted by Gasteiger charge is -2.36. The molecule has 4 amide bonds. The number of carbonyl (C=O) groups is 3. The third-order valence-corrected chi connectivity index (χ3v) is 12.2. The Labute approximate surface area is 321 Å². The number of pyridine rings is 1. The zero-order chi connectivity index (χ0) is 38.6. The number of nitrogens with zero attached hydrogens (tertiary/aromatic N) is 2. The second-order valence-corrected chi connectivity index (χ2v) is 16.0. The van der Waals surface area contributed by atoms with Crippen LogP contribution in [0.1, 0.15) is 51.1 Å². The van der Waals surface area contributed by atoms with E-state index >= 15 is 0 Å². The molecule has 0 saturated heterocycles. The van der Waals surface area contributed by atoms with E-state index in [-0.39, 0.29) is 29.5 Å². The lowest BCUT2D eigenvalue weighted by atomic mass is 9.81. The van der Waals surface area contributed by atoms with Gasteiger partial charge in [-0.05, 0) is 55.0 Å². The second kappa shape index (κ2) is 18.8. The number of amides is 4. The van der Waals surface area contributed by atoms with Crippen molar-refractivity contribution in [1.82, 2.24) is 20.9 Å². The van der Waals surface area contributed by atoms with Gasteiger partial charge in [0.25, 0.3) is 5.91 Å². The van der Waals surface area contributed by atoms with Crippen molar-refractivity contribution < 1.29 is 27.5 Å². The van der Waals surface area contributed by atoms with Gasteiger partial charge in [0.2, 0.25) is 5.91 Å². The van der Waals surface area contributed by atoms with Crippen LogP contribution in [0.5, 0.6) is 5.75 Å². The fourth-order valence-corrected chi connectivity index (χ4v) is 9.22. The number of unbranched alkanes of at least 4 members (excludes halogenated alkanes) is 1. The summed E-state index contributed by atoms with van der Waals surface area (Å²) in [5.74, 6) is -0.399. The number of aromatic nitrogens is 1. The minimum atomic E-state index is -3.77. The Kier molecular flexibility index (Phi) is 14.0. The highest BCUT2D eigenvalue weighted by atomic mass is 32.2. The van der Waals surface area contributed by atoms with Gasteiger partial charge in [0, 0.05) is 43.0 Å². The molecule has 0 radical (unpaired) electrons. The van der Waals surface area contributed by atoms with E-state index in [0.29, 0.717) is 34.9 Å². The Morgan fingerprint density at radius 3 is 2.31 bits per heavy atom. The molecule has 2 heterocycles. The van der Waals surface area contributed by atoms with Crippen LogP contribution in [0.2, 0.25) is 0 Å². The Balaban J connectivity index is 1.31. The summed E-state index contributed by atoms with van der Waals surface area (Å²) in [6.45, 7) is 4.49. The topological polar surface area (TPSA) is 159 Å². The van der Waals surface area contributed by atoms with E-state index in [0.717, 1.165) is 24.9 Å². The van der Waals surface area contributed by atoms with Crippen LogP contribution < -0.4 is 30.9 Å². The van der Waals surface area contributed by atoms with Crippen LogP contribution in [0.15, 0.2) is 107 Å². The number of para-hydroxylation sites is 1. The van der Waals surface area contributed by atoms with Crippen LogP contribution in [0.3, 0.4) is 0 Å². The minimum Gasteiger partial charge on any atom is -0.483 e. The number of hydrogen-bond acceptors (Lipinski definition) is 9. The van der Waals surface area contributed by atoms with Crippen LogP contribution in [0.4, 0.5) is 22.0 Å². The molecule has 286 valence electrons. The van der Waals surface area contributed by atoms with Crippen molar-refractivity contribution in [1.29, 1.82) is 0 Å². The molecule has 0 saturated carbocycles. The zero-order valence-electron chi connectivity index (χ0n) is 30.8. The summed E-state index contributed by atoms with van der Waals surface area (Å²) >= 11 is 1.39. The molecule has 0 fully saturated rings. The van der Waals surface area contributed by atoms with Crippen molar-refractivity contribution in [2.75, 3.05) is 48.5 Å². The lowest BCUT2D eigenvalue weighted by molar-refractivity contribution is -0.130. The molecule has 0 bridgehead atoms. The molecule has 3 aromatic carbocycles. The van der Waals surface area contributed by atoms with Gasteiger partial charge in [0.1, 0.15) is 17.6 Å². The summed E-state index contributed by atoms with van der Waals surface area (Å²) in [7, 11) is -3.77. The molecule has 4 N–H and O–H groups in total. The summed E-state index contributed by atoms with van der Waals surface area (Å²) < 4.78 is 34.6. The van der Waals surface area contributed by atoms with E-state index in [4.69, 9.17) is 4.74 Å². The predicted octanol–water partition coefficient (Wildman–Crippen LogP) is 6.49. The van der Waals surface area contributed by atoms with E-state index in [9.17, 15) is 22.8 Å². The van der Waals surface area contributed by atoms with Crippen molar-refractivity contribution >= 4 is 56.6 Å². The Hall–Kier alpha value is -5.08. The van der Waals surface area contributed by atoms with Gasteiger partial charge in [-0.1, -0.05) is 81.3 Å². The highest BCUT2D eigenvalue weighted by Gasteiger charge is 2.42. The van der Waals surface area contributed by atoms with Crippen LogP contribution in [-0.4, -0.2) is 69.5 Å². The number of hydrogen-bond donors (Lipinski definition) is 4. The van der Waals surface area contributed by atoms with Crippen molar-refractivity contribution in [2.45, 2.75) is 55.4 Å². The van der Waals surface area contributed by atoms with E-state index in [1.807, 2.05) is 42.7 Å². The molecule has 5 rings (SSSR count). The van der Waals surface area contributed by atoms with Crippen LogP contribution in [0.25, 0.3) is 0 Å². The van der Waals surface area contributed by atoms with E-state index in [1.165, 1.54) is 11.8 Å². The van der Waals surface area contributed by atoms with E-state index < -0.39 is 45.7 Å². The summed E-state index contributed by atoms with van der Waals surface area (Å²) in [5, 5.41) is 10.8. The summed E-state index contributed by atoms with van der Waals surface area (Å²) in [4.78, 5) is 46.0. The fourth-order valence-electron chi connectivity index (χ4n) is 6.49. The molecule has 1 aliphatic heterocycles. The molecule has 1 aromatic heterocycles. The van der Waals surface area contributed by atoms with Gasteiger partial charge < -0.3 is 25.6 Å². The highest BCUT2D eigenvalue weighted by molar-refractivity contribution is 7.98. The number of sulfone groups is 1. The first-order valence-corrected chi connectivity index (χ1v) is 20.9. The molecule has 1 unspecified atom stereocenters. The molecule has 14 heteroatoms. The maximum absolute atomic E-state index is 14.3. The minimum absolute atomic E-state index is 0.00364. The van der Waals surface area contributed by atoms with E-state index in [1.54, 1.807) is 60.8 Å². The molecule has 4 aromatic rings. The number of ether oxygens (including phenoxy) is 1. The van der Waals surface area contributed by atoms with Gasteiger partial charge in [-0.3, -0.25) is 14.9 Å². The lowest BCUT2D eigenvalue weighted by Crippen LogP contribution is -2.44. The average Bonchev–Trinajstić information content (AvgIpc) is 3.28. The Morgan fingerprint density at radius 2 is 1.65 bits per heavy atom. The SMILES string of the molecule is CCCCC1(CC)CN(c2ccccc2)c2cc(SC)c(OCC(=O)N[C@@H](C(=O)NCCNC(=O)Nc3ccccn3)c3ccccc3)cc2S(=O)(=O)C1. The number of rotatable bonds is 16. The maximum atomic E-state index is 14.3. The third kappa shape index (κ3) is 10.3. The molecule has 12 nitrogen and oxygen atoms in total. The first kappa shape index (κ1) is 40.1. The molecular weight excluding hydrogens is 725 g/mol. The number of nitrogens with one attached hydrogen (secondary N) is 4.